The van der Waals surface area contributed by atoms with Gasteiger partial charge in [-0.2, -0.15) is 0 Å². The summed E-state index contributed by atoms with van der Waals surface area (Å²) in [5, 5.41) is 3.15. The van der Waals surface area contributed by atoms with Gasteiger partial charge in [-0.15, -0.1) is 0 Å². The minimum Gasteiger partial charge on any atom is -0.392 e. The molecule has 1 nitrogen and oxygen atoms in total. The first-order valence-electron chi connectivity index (χ1n) is 7.08. The molecule has 0 aliphatic carbocycles. The van der Waals surface area contributed by atoms with E-state index in [4.69, 9.17) is 0 Å². The molecule has 1 atom stereocenters. The van der Waals surface area contributed by atoms with Gasteiger partial charge in [0.05, 0.1) is 0 Å². The number of hydrogen-bond donors (Lipinski definition) is 1. The molecule has 0 aliphatic heterocycles. The molecule has 0 radical (unpaired) electrons. The molecule has 0 aliphatic rings. The van der Waals surface area contributed by atoms with E-state index in [0.717, 1.165) is 0 Å². The lowest BCUT2D eigenvalue weighted by molar-refractivity contribution is 0.510. The van der Waals surface area contributed by atoms with E-state index >= 15 is 0 Å². The Labute approximate surface area is 103 Å². The summed E-state index contributed by atoms with van der Waals surface area (Å²) >= 11 is 0. The van der Waals surface area contributed by atoms with Crippen LogP contribution in [0.15, 0.2) is 12.3 Å². The highest BCUT2D eigenvalue weighted by molar-refractivity contribution is 4.94. The first-order chi connectivity index (χ1) is 7.72. The van der Waals surface area contributed by atoms with Crippen LogP contribution in [-0.4, -0.2) is 7.05 Å². The van der Waals surface area contributed by atoms with Gasteiger partial charge in [0.15, 0.2) is 0 Å². The second-order valence-corrected chi connectivity index (χ2v) is 4.94. The third kappa shape index (κ3) is 8.82. The van der Waals surface area contributed by atoms with Crippen molar-refractivity contribution in [2.45, 2.75) is 71.6 Å². The standard InChI is InChI=1S/C15H31N/c1-5-6-7-8-9-10-11-12-13-14(2)15(3)16-4/h14,16H,3,5-13H2,1-2,4H3. The van der Waals surface area contributed by atoms with Crippen molar-refractivity contribution < 1.29 is 0 Å². The van der Waals surface area contributed by atoms with Gasteiger partial charge in [0.25, 0.3) is 0 Å². The molecule has 0 saturated carbocycles. The van der Waals surface area contributed by atoms with Crippen LogP contribution in [0.4, 0.5) is 0 Å². The van der Waals surface area contributed by atoms with Crippen LogP contribution in [0.25, 0.3) is 0 Å². The maximum atomic E-state index is 4.01. The summed E-state index contributed by atoms with van der Waals surface area (Å²) < 4.78 is 0. The molecule has 0 heterocycles. The van der Waals surface area contributed by atoms with Crippen molar-refractivity contribution in [3.63, 3.8) is 0 Å². The van der Waals surface area contributed by atoms with Crippen molar-refractivity contribution in [1.29, 1.82) is 0 Å². The third-order valence-electron chi connectivity index (χ3n) is 3.41. The SMILES string of the molecule is C=C(NC)C(C)CCCCCCCCCC. The van der Waals surface area contributed by atoms with E-state index in [2.05, 4.69) is 25.7 Å². The number of rotatable bonds is 11. The molecule has 0 amide bonds. The smallest absolute Gasteiger partial charge is 0.00597 e. The Morgan fingerprint density at radius 2 is 1.50 bits per heavy atom. The molecule has 0 saturated heterocycles. The van der Waals surface area contributed by atoms with Gasteiger partial charge in [-0.25, -0.2) is 0 Å². The lowest BCUT2D eigenvalue weighted by Gasteiger charge is -2.13. The molecule has 0 fully saturated rings. The summed E-state index contributed by atoms with van der Waals surface area (Å²) in [6, 6.07) is 0. The lowest BCUT2D eigenvalue weighted by atomic mass is 9.99. The Hall–Kier alpha value is -0.460. The maximum absolute atomic E-state index is 4.01. The molecule has 16 heavy (non-hydrogen) atoms. The van der Waals surface area contributed by atoms with Crippen molar-refractivity contribution in [2.24, 2.45) is 5.92 Å². The zero-order valence-electron chi connectivity index (χ0n) is 11.6. The molecule has 0 aromatic rings. The first kappa shape index (κ1) is 15.5. The molecule has 0 bridgehead atoms. The van der Waals surface area contributed by atoms with E-state index in [9.17, 15) is 0 Å². The Kier molecular flexibility index (Phi) is 10.7. The topological polar surface area (TPSA) is 12.0 Å². The van der Waals surface area contributed by atoms with E-state index in [1.165, 1.54) is 63.5 Å². The zero-order valence-corrected chi connectivity index (χ0v) is 11.6. The van der Waals surface area contributed by atoms with Crippen LogP contribution >= 0.6 is 0 Å². The average Bonchev–Trinajstić information content (AvgIpc) is 2.31. The molecule has 1 heteroatoms. The van der Waals surface area contributed by atoms with Crippen LogP contribution in [0, 0.1) is 5.92 Å². The summed E-state index contributed by atoms with van der Waals surface area (Å²) in [5.41, 5.74) is 1.18. The molecule has 96 valence electrons. The summed E-state index contributed by atoms with van der Waals surface area (Å²) in [7, 11) is 1.96. The van der Waals surface area contributed by atoms with E-state index in [0.29, 0.717) is 5.92 Å². The Morgan fingerprint density at radius 3 is 2.00 bits per heavy atom. The molecule has 1 unspecified atom stereocenters. The zero-order chi connectivity index (χ0) is 12.2. The van der Waals surface area contributed by atoms with Crippen LogP contribution in [0.5, 0.6) is 0 Å². The predicted octanol–water partition coefficient (Wildman–Crippen LogP) is 4.89. The Morgan fingerprint density at radius 1 is 1.00 bits per heavy atom. The highest BCUT2D eigenvalue weighted by Gasteiger charge is 2.03. The van der Waals surface area contributed by atoms with Crippen molar-refractivity contribution in [1.82, 2.24) is 5.32 Å². The molecule has 0 spiro atoms. The number of allylic oxidation sites excluding steroid dienone is 1. The Balaban J connectivity index is 3.17. The van der Waals surface area contributed by atoms with Gasteiger partial charge in [-0.1, -0.05) is 71.8 Å². The molecule has 0 rings (SSSR count). The van der Waals surface area contributed by atoms with Crippen molar-refractivity contribution in [3.05, 3.63) is 12.3 Å². The minimum absolute atomic E-state index is 0.630. The van der Waals surface area contributed by atoms with Gasteiger partial charge in [-0.3, -0.25) is 0 Å². The van der Waals surface area contributed by atoms with Gasteiger partial charge in [0.2, 0.25) is 0 Å². The highest BCUT2D eigenvalue weighted by atomic mass is 14.8. The van der Waals surface area contributed by atoms with Crippen LogP contribution in [0.1, 0.15) is 71.6 Å². The highest BCUT2D eigenvalue weighted by Crippen LogP contribution is 2.16. The van der Waals surface area contributed by atoms with Gasteiger partial charge in [0, 0.05) is 12.7 Å². The summed E-state index contributed by atoms with van der Waals surface area (Å²) in [5.74, 6) is 0.630. The maximum Gasteiger partial charge on any atom is 0.00597 e. The van der Waals surface area contributed by atoms with E-state index in [-0.39, 0.29) is 0 Å². The Bertz CT molecular complexity index is 163. The first-order valence-corrected chi connectivity index (χ1v) is 7.08. The van der Waals surface area contributed by atoms with Crippen LogP contribution < -0.4 is 5.32 Å². The lowest BCUT2D eigenvalue weighted by Crippen LogP contribution is -2.12. The second-order valence-electron chi connectivity index (χ2n) is 4.94. The summed E-state index contributed by atoms with van der Waals surface area (Å²) in [4.78, 5) is 0. The quantitative estimate of drug-likeness (QED) is 0.494. The van der Waals surface area contributed by atoms with Crippen molar-refractivity contribution >= 4 is 0 Å². The normalized spacial score (nSPS) is 12.4. The largest absolute Gasteiger partial charge is 0.392 e. The fourth-order valence-corrected chi connectivity index (χ4v) is 2.01. The summed E-state index contributed by atoms with van der Waals surface area (Å²) in [6.07, 6.45) is 12.5. The predicted molar refractivity (Wildman–Crippen MR) is 74.6 cm³/mol. The molecule has 0 aromatic carbocycles. The summed E-state index contributed by atoms with van der Waals surface area (Å²) in [6.45, 7) is 8.55. The van der Waals surface area contributed by atoms with Gasteiger partial charge in [0.1, 0.15) is 0 Å². The molecule has 0 aromatic heterocycles. The fraction of sp³-hybridized carbons (Fsp3) is 0.867. The van der Waals surface area contributed by atoms with Gasteiger partial charge < -0.3 is 5.32 Å². The van der Waals surface area contributed by atoms with Crippen LogP contribution in [0.3, 0.4) is 0 Å². The van der Waals surface area contributed by atoms with Crippen molar-refractivity contribution in [2.75, 3.05) is 7.05 Å². The van der Waals surface area contributed by atoms with Crippen LogP contribution in [-0.2, 0) is 0 Å². The third-order valence-corrected chi connectivity index (χ3v) is 3.41. The van der Waals surface area contributed by atoms with E-state index in [1.54, 1.807) is 0 Å². The van der Waals surface area contributed by atoms with Gasteiger partial charge in [-0.05, 0) is 12.3 Å². The van der Waals surface area contributed by atoms with Gasteiger partial charge >= 0.3 is 0 Å². The minimum atomic E-state index is 0.630. The fourth-order valence-electron chi connectivity index (χ4n) is 2.01. The molecular weight excluding hydrogens is 194 g/mol. The van der Waals surface area contributed by atoms with Crippen molar-refractivity contribution in [3.8, 4) is 0 Å². The average molecular weight is 225 g/mol. The second kappa shape index (κ2) is 11.0. The van der Waals surface area contributed by atoms with Crippen LogP contribution in [0.2, 0.25) is 0 Å². The van der Waals surface area contributed by atoms with E-state index < -0.39 is 0 Å². The van der Waals surface area contributed by atoms with E-state index in [1.807, 2.05) is 7.05 Å². The number of nitrogens with one attached hydrogen (secondary N) is 1. The molecular formula is C15H31N. The molecule has 1 N–H and O–H groups in total. The number of hydrogen-bond acceptors (Lipinski definition) is 1. The monoisotopic (exact) mass is 225 g/mol. The number of unbranched alkanes of at least 4 members (excludes halogenated alkanes) is 7.